The Hall–Kier alpha value is -1.82. The van der Waals surface area contributed by atoms with Crippen molar-refractivity contribution < 1.29 is 14.6 Å². The van der Waals surface area contributed by atoms with Crippen LogP contribution < -0.4 is 11.1 Å². The quantitative estimate of drug-likeness (QED) is 0.690. The van der Waals surface area contributed by atoms with Crippen molar-refractivity contribution in [1.82, 2.24) is 4.98 Å². The zero-order chi connectivity index (χ0) is 11.5. The Labute approximate surface area is 92.4 Å². The Kier molecular flexibility index (Phi) is 2.91. The molecular formula is C10H13N3O3. The minimum absolute atomic E-state index is 0.117. The molecule has 0 amide bonds. The number of pyridine rings is 1. The lowest BCUT2D eigenvalue weighted by Crippen LogP contribution is -2.33. The maximum Gasteiger partial charge on any atom is 0.337 e. The second-order valence-electron chi connectivity index (χ2n) is 3.62. The standard InChI is InChI=1S/C10H13N3O3/c11-9-8(12-5-7-1-2-16-7)3-6(4-13-9)10(14)15/h3-4,7,12H,1-2,5H2,(H2,11,13)(H,14,15)/t7-/m0/s1. The molecule has 0 aliphatic carbocycles. The number of aromatic nitrogens is 1. The summed E-state index contributed by atoms with van der Waals surface area (Å²) < 4.78 is 5.23. The van der Waals surface area contributed by atoms with Crippen LogP contribution in [0.1, 0.15) is 16.8 Å². The van der Waals surface area contributed by atoms with Crippen LogP contribution in [0.4, 0.5) is 11.5 Å². The summed E-state index contributed by atoms with van der Waals surface area (Å²) in [6.45, 7) is 1.41. The number of hydrogen-bond acceptors (Lipinski definition) is 5. The molecule has 16 heavy (non-hydrogen) atoms. The average molecular weight is 223 g/mol. The lowest BCUT2D eigenvalue weighted by molar-refractivity contribution is -0.0410. The number of nitrogens with zero attached hydrogens (tertiary/aromatic N) is 1. The first-order valence-electron chi connectivity index (χ1n) is 5.01. The van der Waals surface area contributed by atoms with Gasteiger partial charge in [0.25, 0.3) is 0 Å². The van der Waals surface area contributed by atoms with E-state index in [4.69, 9.17) is 15.6 Å². The molecule has 1 aromatic heterocycles. The lowest BCUT2D eigenvalue weighted by atomic mass is 10.2. The van der Waals surface area contributed by atoms with Gasteiger partial charge in [0.1, 0.15) is 5.82 Å². The second kappa shape index (κ2) is 4.36. The summed E-state index contributed by atoms with van der Waals surface area (Å²) in [5, 5.41) is 11.8. The van der Waals surface area contributed by atoms with Crippen LogP contribution >= 0.6 is 0 Å². The molecule has 1 atom stereocenters. The van der Waals surface area contributed by atoms with Crippen LogP contribution in [-0.4, -0.2) is 35.3 Å². The molecule has 1 saturated heterocycles. The normalized spacial score (nSPS) is 18.9. The van der Waals surface area contributed by atoms with E-state index in [0.717, 1.165) is 13.0 Å². The summed E-state index contributed by atoms with van der Waals surface area (Å²) in [7, 11) is 0. The molecule has 4 N–H and O–H groups in total. The Morgan fingerprint density at radius 1 is 1.75 bits per heavy atom. The fraction of sp³-hybridized carbons (Fsp3) is 0.400. The fourth-order valence-electron chi connectivity index (χ4n) is 1.40. The van der Waals surface area contributed by atoms with Crippen LogP contribution in [0.2, 0.25) is 0 Å². The number of ether oxygens (including phenoxy) is 1. The molecule has 2 rings (SSSR count). The van der Waals surface area contributed by atoms with E-state index >= 15 is 0 Å². The van der Waals surface area contributed by atoms with E-state index in [0.29, 0.717) is 18.1 Å². The van der Waals surface area contributed by atoms with Gasteiger partial charge in [-0.2, -0.15) is 0 Å². The molecular weight excluding hydrogens is 210 g/mol. The Morgan fingerprint density at radius 2 is 2.50 bits per heavy atom. The number of nitrogens with one attached hydrogen (secondary N) is 1. The molecule has 1 aliphatic rings. The smallest absolute Gasteiger partial charge is 0.337 e. The molecule has 2 heterocycles. The van der Waals surface area contributed by atoms with E-state index in [1.165, 1.54) is 12.3 Å². The number of hydrogen-bond donors (Lipinski definition) is 3. The van der Waals surface area contributed by atoms with Crippen molar-refractivity contribution in [2.24, 2.45) is 0 Å². The van der Waals surface area contributed by atoms with E-state index < -0.39 is 5.97 Å². The fourth-order valence-corrected chi connectivity index (χ4v) is 1.40. The van der Waals surface area contributed by atoms with Gasteiger partial charge in [0.05, 0.1) is 17.4 Å². The van der Waals surface area contributed by atoms with Crippen LogP contribution in [-0.2, 0) is 4.74 Å². The highest BCUT2D eigenvalue weighted by atomic mass is 16.5. The van der Waals surface area contributed by atoms with Crippen LogP contribution in [0.3, 0.4) is 0 Å². The van der Waals surface area contributed by atoms with Crippen LogP contribution in [0.15, 0.2) is 12.3 Å². The Morgan fingerprint density at radius 3 is 3.06 bits per heavy atom. The van der Waals surface area contributed by atoms with Crippen molar-refractivity contribution in [3.63, 3.8) is 0 Å². The number of rotatable bonds is 4. The first-order chi connectivity index (χ1) is 7.66. The van der Waals surface area contributed by atoms with Gasteiger partial charge in [-0.1, -0.05) is 0 Å². The molecule has 0 spiro atoms. The van der Waals surface area contributed by atoms with Gasteiger partial charge in [0, 0.05) is 19.3 Å². The third-order valence-electron chi connectivity index (χ3n) is 2.48. The van der Waals surface area contributed by atoms with Crippen LogP contribution in [0.5, 0.6) is 0 Å². The molecule has 0 radical (unpaired) electrons. The van der Waals surface area contributed by atoms with Crippen molar-refractivity contribution in [3.05, 3.63) is 17.8 Å². The Bertz CT molecular complexity index is 404. The molecule has 0 bridgehead atoms. The summed E-state index contributed by atoms with van der Waals surface area (Å²) in [5.41, 5.74) is 6.28. The molecule has 1 fully saturated rings. The van der Waals surface area contributed by atoms with Gasteiger partial charge in [0.15, 0.2) is 0 Å². The van der Waals surface area contributed by atoms with Crippen LogP contribution in [0, 0.1) is 0 Å². The van der Waals surface area contributed by atoms with E-state index in [-0.39, 0.29) is 11.7 Å². The van der Waals surface area contributed by atoms with E-state index in [9.17, 15) is 4.79 Å². The number of nitrogens with two attached hydrogens (primary N) is 1. The third-order valence-corrected chi connectivity index (χ3v) is 2.48. The minimum atomic E-state index is -1.02. The topological polar surface area (TPSA) is 97.5 Å². The first kappa shape index (κ1) is 10.7. The first-order valence-corrected chi connectivity index (χ1v) is 5.01. The van der Waals surface area contributed by atoms with E-state index in [1.54, 1.807) is 0 Å². The van der Waals surface area contributed by atoms with Crippen molar-refractivity contribution in [1.29, 1.82) is 0 Å². The number of carbonyl (C=O) groups is 1. The number of carboxylic acids is 1. The number of aromatic carboxylic acids is 1. The SMILES string of the molecule is Nc1ncc(C(=O)O)cc1NC[C@@H]1CCO1. The number of carboxylic acid groups (broad SMARTS) is 1. The van der Waals surface area contributed by atoms with Crippen molar-refractivity contribution in [3.8, 4) is 0 Å². The Balaban J connectivity index is 2.05. The highest BCUT2D eigenvalue weighted by molar-refractivity contribution is 5.89. The molecule has 0 saturated carbocycles. The van der Waals surface area contributed by atoms with Gasteiger partial charge in [-0.15, -0.1) is 0 Å². The van der Waals surface area contributed by atoms with E-state index in [1.807, 2.05) is 0 Å². The number of nitrogen functional groups attached to an aromatic ring is 1. The van der Waals surface area contributed by atoms with Crippen molar-refractivity contribution in [2.75, 3.05) is 24.2 Å². The van der Waals surface area contributed by atoms with Gasteiger partial charge in [-0.25, -0.2) is 9.78 Å². The van der Waals surface area contributed by atoms with Crippen LogP contribution in [0.25, 0.3) is 0 Å². The second-order valence-corrected chi connectivity index (χ2v) is 3.62. The zero-order valence-electron chi connectivity index (χ0n) is 8.64. The van der Waals surface area contributed by atoms with Gasteiger partial charge in [-0.3, -0.25) is 0 Å². The highest BCUT2D eigenvalue weighted by Gasteiger charge is 2.18. The maximum absolute atomic E-state index is 10.7. The van der Waals surface area contributed by atoms with E-state index in [2.05, 4.69) is 10.3 Å². The summed E-state index contributed by atoms with van der Waals surface area (Å²) in [5.74, 6) is -0.722. The molecule has 0 unspecified atom stereocenters. The third kappa shape index (κ3) is 2.22. The molecule has 6 heteroatoms. The maximum atomic E-state index is 10.7. The molecule has 1 aromatic rings. The van der Waals surface area contributed by atoms with Crippen molar-refractivity contribution >= 4 is 17.5 Å². The summed E-state index contributed by atoms with van der Waals surface area (Å²) in [6.07, 6.45) is 2.44. The zero-order valence-corrected chi connectivity index (χ0v) is 8.64. The predicted octanol–water partition coefficient (Wildman–Crippen LogP) is 0.563. The summed E-state index contributed by atoms with van der Waals surface area (Å²) >= 11 is 0. The summed E-state index contributed by atoms with van der Waals surface area (Å²) in [6, 6.07) is 1.48. The average Bonchev–Trinajstić information content (AvgIpc) is 2.18. The molecule has 1 aliphatic heterocycles. The minimum Gasteiger partial charge on any atom is -0.478 e. The molecule has 6 nitrogen and oxygen atoms in total. The largest absolute Gasteiger partial charge is 0.478 e. The lowest BCUT2D eigenvalue weighted by Gasteiger charge is -2.27. The monoisotopic (exact) mass is 223 g/mol. The van der Waals surface area contributed by atoms with Gasteiger partial charge in [-0.05, 0) is 12.5 Å². The highest BCUT2D eigenvalue weighted by Crippen LogP contribution is 2.19. The van der Waals surface area contributed by atoms with Gasteiger partial charge >= 0.3 is 5.97 Å². The number of anilines is 2. The summed E-state index contributed by atoms with van der Waals surface area (Å²) in [4.78, 5) is 14.6. The molecule has 86 valence electrons. The van der Waals surface area contributed by atoms with Gasteiger partial charge < -0.3 is 20.9 Å². The predicted molar refractivity (Wildman–Crippen MR) is 58.5 cm³/mol. The molecule has 0 aromatic carbocycles. The van der Waals surface area contributed by atoms with Crippen molar-refractivity contribution in [2.45, 2.75) is 12.5 Å². The van der Waals surface area contributed by atoms with Gasteiger partial charge in [0.2, 0.25) is 0 Å².